The highest BCUT2D eigenvalue weighted by Crippen LogP contribution is 2.54. The monoisotopic (exact) mass is 350 g/mol. The maximum absolute atomic E-state index is 13.5. The predicted octanol–water partition coefficient (Wildman–Crippen LogP) is 2.28. The van der Waals surface area contributed by atoms with Gasteiger partial charge in [0.05, 0.1) is 5.69 Å². The first kappa shape index (κ1) is 16.3. The first-order chi connectivity index (χ1) is 12.4. The van der Waals surface area contributed by atoms with Gasteiger partial charge in [-0.15, -0.1) is 0 Å². The quantitative estimate of drug-likeness (QED) is 0.841. The van der Waals surface area contributed by atoms with Gasteiger partial charge in [0, 0.05) is 18.3 Å². The molecule has 0 fully saturated rings. The summed E-state index contributed by atoms with van der Waals surface area (Å²) in [4.78, 5) is 40.6. The molecule has 0 saturated carbocycles. The molecule has 26 heavy (non-hydrogen) atoms. The number of hydrogen-bond acceptors (Lipinski definition) is 5. The molecule has 2 aromatic rings. The Morgan fingerprint density at radius 1 is 1.00 bits per heavy atom. The van der Waals surface area contributed by atoms with Crippen LogP contribution >= 0.6 is 0 Å². The van der Waals surface area contributed by atoms with Gasteiger partial charge in [-0.05, 0) is 32.0 Å². The second-order valence-corrected chi connectivity index (χ2v) is 6.65. The molecule has 4 rings (SSSR count). The van der Waals surface area contributed by atoms with Crippen LogP contribution in [0.1, 0.15) is 19.4 Å². The number of ketones is 2. The molecular weight excluding hydrogens is 332 g/mol. The van der Waals surface area contributed by atoms with Crippen molar-refractivity contribution < 1.29 is 19.1 Å². The molecule has 0 radical (unpaired) electrons. The molecule has 2 heterocycles. The molecule has 2 aromatic carbocycles. The zero-order chi connectivity index (χ0) is 18.7. The van der Waals surface area contributed by atoms with E-state index in [9.17, 15) is 14.4 Å². The molecule has 6 heteroatoms. The van der Waals surface area contributed by atoms with E-state index in [1.807, 2.05) is 6.07 Å². The Morgan fingerprint density at radius 2 is 1.62 bits per heavy atom. The van der Waals surface area contributed by atoms with Crippen LogP contribution in [0.5, 0.6) is 5.75 Å². The summed E-state index contributed by atoms with van der Waals surface area (Å²) in [6.07, 6.45) is 0. The number of anilines is 2. The van der Waals surface area contributed by atoms with Crippen molar-refractivity contribution in [3.8, 4) is 5.75 Å². The van der Waals surface area contributed by atoms with E-state index in [1.165, 1.54) is 18.7 Å². The van der Waals surface area contributed by atoms with Crippen molar-refractivity contribution in [1.82, 2.24) is 0 Å². The lowest BCUT2D eigenvalue weighted by atomic mass is 9.69. The first-order valence-corrected chi connectivity index (χ1v) is 8.32. The van der Waals surface area contributed by atoms with E-state index in [0.717, 1.165) is 0 Å². The van der Waals surface area contributed by atoms with Crippen LogP contribution in [-0.4, -0.2) is 30.1 Å². The normalized spacial score (nSPS) is 22.3. The molecule has 0 bridgehead atoms. The highest BCUT2D eigenvalue weighted by Gasteiger charge is 2.71. The lowest BCUT2D eigenvalue weighted by Crippen LogP contribution is -2.72. The first-order valence-electron chi connectivity index (χ1n) is 8.32. The molecular formula is C20H18N2O4. The van der Waals surface area contributed by atoms with Crippen LogP contribution in [0, 0.1) is 0 Å². The molecule has 132 valence electrons. The number of carbonyl (C=O) groups is 3. The number of para-hydroxylation sites is 3. The zero-order valence-electron chi connectivity index (χ0n) is 14.7. The third kappa shape index (κ3) is 1.68. The second-order valence-electron chi connectivity index (χ2n) is 6.65. The number of Topliss-reactive ketones (excluding diaryl/α,β-unsaturated/α-hetero) is 2. The predicted molar refractivity (Wildman–Crippen MR) is 96.3 cm³/mol. The lowest BCUT2D eigenvalue weighted by Gasteiger charge is -2.48. The zero-order valence-corrected chi connectivity index (χ0v) is 14.7. The minimum atomic E-state index is -1.99. The fraction of sp³-hybridized carbons (Fsp3) is 0.250. The molecule has 2 aliphatic rings. The van der Waals surface area contributed by atoms with E-state index in [4.69, 9.17) is 4.74 Å². The van der Waals surface area contributed by atoms with Gasteiger partial charge in [0.15, 0.2) is 17.1 Å². The third-order valence-corrected chi connectivity index (χ3v) is 5.29. The summed E-state index contributed by atoms with van der Waals surface area (Å²) in [7, 11) is 1.63. The molecule has 1 amide bonds. The van der Waals surface area contributed by atoms with Crippen molar-refractivity contribution in [2.24, 2.45) is 0 Å². The third-order valence-electron chi connectivity index (χ3n) is 5.29. The Labute approximate surface area is 150 Å². The highest BCUT2D eigenvalue weighted by molar-refractivity contribution is 6.22. The van der Waals surface area contributed by atoms with Gasteiger partial charge in [-0.3, -0.25) is 14.4 Å². The molecule has 0 unspecified atom stereocenters. The molecule has 1 spiro atoms. The van der Waals surface area contributed by atoms with Gasteiger partial charge >= 0.3 is 0 Å². The smallest absolute Gasteiger partial charge is 0.262 e. The minimum absolute atomic E-state index is 0.364. The van der Waals surface area contributed by atoms with Crippen molar-refractivity contribution >= 4 is 28.8 Å². The number of ether oxygens (including phenoxy) is 1. The molecule has 0 saturated heterocycles. The summed E-state index contributed by atoms with van der Waals surface area (Å²) < 4.78 is 6.05. The van der Waals surface area contributed by atoms with E-state index < -0.39 is 28.6 Å². The van der Waals surface area contributed by atoms with Crippen LogP contribution in [0.2, 0.25) is 0 Å². The van der Waals surface area contributed by atoms with Crippen LogP contribution in [-0.2, 0) is 19.9 Å². The number of nitrogens with one attached hydrogen (secondary N) is 1. The number of rotatable bonds is 2. The maximum Gasteiger partial charge on any atom is 0.262 e. The number of amides is 1. The van der Waals surface area contributed by atoms with E-state index >= 15 is 0 Å². The van der Waals surface area contributed by atoms with Gasteiger partial charge in [0.25, 0.3) is 11.5 Å². The van der Waals surface area contributed by atoms with E-state index in [0.29, 0.717) is 22.7 Å². The average molecular weight is 350 g/mol. The van der Waals surface area contributed by atoms with Gasteiger partial charge in [-0.1, -0.05) is 30.3 Å². The summed E-state index contributed by atoms with van der Waals surface area (Å²) in [6.45, 7) is 2.57. The van der Waals surface area contributed by atoms with E-state index in [1.54, 1.807) is 49.5 Å². The Balaban J connectivity index is 2.12. The second kappa shape index (κ2) is 5.17. The van der Waals surface area contributed by atoms with Gasteiger partial charge < -0.3 is 15.0 Å². The van der Waals surface area contributed by atoms with Crippen LogP contribution in [0.4, 0.5) is 11.4 Å². The number of fused-ring (bicyclic) bond motifs is 3. The average Bonchev–Trinajstić information content (AvgIpc) is 2.84. The van der Waals surface area contributed by atoms with Crippen molar-refractivity contribution in [3.05, 3.63) is 54.1 Å². The number of benzene rings is 2. The fourth-order valence-corrected chi connectivity index (χ4v) is 4.13. The molecule has 6 nitrogen and oxygen atoms in total. The van der Waals surface area contributed by atoms with Crippen LogP contribution in [0.15, 0.2) is 48.5 Å². The summed E-state index contributed by atoms with van der Waals surface area (Å²) in [5, 5.41) is 3.20. The Kier molecular flexibility index (Phi) is 3.25. The topological polar surface area (TPSA) is 75.7 Å². The maximum atomic E-state index is 13.5. The molecule has 0 aliphatic carbocycles. The van der Waals surface area contributed by atoms with Gasteiger partial charge in [0.2, 0.25) is 0 Å². The van der Waals surface area contributed by atoms with Gasteiger partial charge in [-0.2, -0.15) is 0 Å². The summed E-state index contributed by atoms with van der Waals surface area (Å²) in [6, 6.07) is 14.1. The van der Waals surface area contributed by atoms with Crippen molar-refractivity contribution in [2.75, 3.05) is 17.3 Å². The van der Waals surface area contributed by atoms with Gasteiger partial charge in [-0.25, -0.2) is 0 Å². The van der Waals surface area contributed by atoms with E-state index in [-0.39, 0.29) is 0 Å². The van der Waals surface area contributed by atoms with E-state index in [2.05, 4.69) is 5.32 Å². The lowest BCUT2D eigenvalue weighted by molar-refractivity contribution is -0.157. The Hall–Kier alpha value is -3.15. The van der Waals surface area contributed by atoms with Crippen LogP contribution in [0.3, 0.4) is 0 Å². The summed E-state index contributed by atoms with van der Waals surface area (Å²) >= 11 is 0. The van der Waals surface area contributed by atoms with Crippen LogP contribution in [0.25, 0.3) is 0 Å². The molecule has 1 N–H and O–H groups in total. The number of likely N-dealkylation sites (N-methyl/N-ethyl adjacent to an activating group) is 1. The number of hydrogen-bond donors (Lipinski definition) is 1. The Bertz CT molecular complexity index is 954. The molecule has 2 aliphatic heterocycles. The summed E-state index contributed by atoms with van der Waals surface area (Å²) in [5.41, 5.74) is -1.89. The van der Waals surface area contributed by atoms with Gasteiger partial charge in [0.1, 0.15) is 5.75 Å². The fourth-order valence-electron chi connectivity index (χ4n) is 4.13. The van der Waals surface area contributed by atoms with Crippen molar-refractivity contribution in [3.63, 3.8) is 0 Å². The number of nitrogens with zero attached hydrogens (tertiary/aromatic N) is 1. The molecule has 1 atom stereocenters. The summed E-state index contributed by atoms with van der Waals surface area (Å²) in [5.74, 6) is -1.09. The molecule has 0 aromatic heterocycles. The SMILES string of the molecule is CC(=O)C1(C(C)=O)Oc2ccccc2N[C@]12C(=O)N(C)c1ccccc12. The highest BCUT2D eigenvalue weighted by atomic mass is 16.5. The van der Waals surface area contributed by atoms with Crippen LogP contribution < -0.4 is 15.0 Å². The van der Waals surface area contributed by atoms with Crippen molar-refractivity contribution in [1.29, 1.82) is 0 Å². The minimum Gasteiger partial charge on any atom is -0.466 e. The number of carbonyl (C=O) groups excluding carboxylic acids is 3. The van der Waals surface area contributed by atoms with Crippen molar-refractivity contribution in [2.45, 2.75) is 25.0 Å². The standard InChI is InChI=1S/C20H18N2O4/c1-12(23)20(13(2)24)19(21-15-9-5-7-11-17(15)26-20)14-8-4-6-10-16(14)22(3)18(19)25/h4-11,21H,1-3H3/t19-/m1/s1. The Morgan fingerprint density at radius 3 is 2.31 bits per heavy atom. The largest absolute Gasteiger partial charge is 0.466 e.